The molecule has 1 aliphatic rings. The van der Waals surface area contributed by atoms with Crippen LogP contribution in [0.5, 0.6) is 0 Å². The Bertz CT molecular complexity index is 138. The van der Waals surface area contributed by atoms with Crippen molar-refractivity contribution in [2.75, 3.05) is 60.0 Å². The molecule has 0 bridgehead atoms. The second-order valence-electron chi connectivity index (χ2n) is 3.25. The van der Waals surface area contributed by atoms with E-state index in [1.807, 2.05) is 0 Å². The van der Waals surface area contributed by atoms with Crippen LogP contribution in [0.4, 0.5) is 0 Å². The van der Waals surface area contributed by atoms with Crippen LogP contribution in [0.25, 0.3) is 0 Å². The highest BCUT2D eigenvalue weighted by Crippen LogP contribution is 2.07. The minimum Gasteiger partial charge on any atom is -0.382 e. The van der Waals surface area contributed by atoms with Crippen molar-refractivity contribution in [3.8, 4) is 0 Å². The third kappa shape index (κ3) is 8.77. The Morgan fingerprint density at radius 3 is 2.00 bits per heavy atom. The van der Waals surface area contributed by atoms with Gasteiger partial charge in [0, 0.05) is 7.11 Å². The summed E-state index contributed by atoms with van der Waals surface area (Å²) < 4.78 is 25.6. The monoisotopic (exact) mass is 220 g/mol. The van der Waals surface area contributed by atoms with E-state index in [1.54, 1.807) is 7.11 Å². The Hall–Kier alpha value is -0.200. The first-order chi connectivity index (χ1) is 7.43. The average Bonchev–Trinajstić information content (AvgIpc) is 3.05. The number of ether oxygens (including phenoxy) is 5. The van der Waals surface area contributed by atoms with E-state index in [0.29, 0.717) is 52.4 Å². The van der Waals surface area contributed by atoms with E-state index in [4.69, 9.17) is 23.7 Å². The molecule has 1 atom stereocenters. The van der Waals surface area contributed by atoms with Crippen LogP contribution in [0.1, 0.15) is 0 Å². The molecular formula is C10H20O5. The molecule has 0 aliphatic carbocycles. The second-order valence-corrected chi connectivity index (χ2v) is 3.25. The molecule has 5 heteroatoms. The lowest BCUT2D eigenvalue weighted by Gasteiger charge is -2.05. The van der Waals surface area contributed by atoms with Crippen molar-refractivity contribution in [2.24, 2.45) is 0 Å². The van der Waals surface area contributed by atoms with Gasteiger partial charge < -0.3 is 23.7 Å². The number of hydrogen-bond acceptors (Lipinski definition) is 5. The van der Waals surface area contributed by atoms with E-state index in [2.05, 4.69) is 0 Å². The average molecular weight is 220 g/mol. The first-order valence-corrected chi connectivity index (χ1v) is 5.27. The third-order valence-corrected chi connectivity index (χ3v) is 1.88. The SMILES string of the molecule is COCCOCCOCCOCC1CO1. The van der Waals surface area contributed by atoms with Crippen LogP contribution in [0.15, 0.2) is 0 Å². The van der Waals surface area contributed by atoms with Gasteiger partial charge in [0.15, 0.2) is 0 Å². The maximum Gasteiger partial charge on any atom is 0.104 e. The molecule has 0 aromatic carbocycles. The van der Waals surface area contributed by atoms with E-state index in [-0.39, 0.29) is 0 Å². The highest BCUT2D eigenvalue weighted by molar-refractivity contribution is 4.66. The molecule has 90 valence electrons. The molecule has 0 aromatic rings. The van der Waals surface area contributed by atoms with Crippen LogP contribution in [-0.2, 0) is 23.7 Å². The van der Waals surface area contributed by atoms with Gasteiger partial charge in [-0.2, -0.15) is 0 Å². The maximum absolute atomic E-state index is 5.29. The number of epoxide rings is 1. The Morgan fingerprint density at radius 1 is 0.933 bits per heavy atom. The van der Waals surface area contributed by atoms with E-state index in [1.165, 1.54) is 0 Å². The molecule has 0 saturated carbocycles. The van der Waals surface area contributed by atoms with E-state index < -0.39 is 0 Å². The van der Waals surface area contributed by atoms with Crippen LogP contribution >= 0.6 is 0 Å². The zero-order valence-corrected chi connectivity index (χ0v) is 9.28. The highest BCUT2D eigenvalue weighted by Gasteiger charge is 2.21. The Kier molecular flexibility index (Phi) is 7.77. The molecule has 0 spiro atoms. The fourth-order valence-electron chi connectivity index (χ4n) is 0.961. The number of rotatable bonds is 11. The Morgan fingerprint density at radius 2 is 1.47 bits per heavy atom. The maximum atomic E-state index is 5.29. The van der Waals surface area contributed by atoms with Crippen molar-refractivity contribution in [3.63, 3.8) is 0 Å². The summed E-state index contributed by atoms with van der Waals surface area (Å²) in [5.74, 6) is 0. The number of methoxy groups -OCH3 is 1. The molecule has 1 heterocycles. The molecule has 1 saturated heterocycles. The molecular weight excluding hydrogens is 200 g/mol. The zero-order chi connectivity index (χ0) is 10.8. The van der Waals surface area contributed by atoms with Gasteiger partial charge in [-0.3, -0.25) is 0 Å². The lowest BCUT2D eigenvalue weighted by molar-refractivity contribution is 0.00186. The number of hydrogen-bond donors (Lipinski definition) is 0. The zero-order valence-electron chi connectivity index (χ0n) is 9.28. The summed E-state index contributed by atoms with van der Waals surface area (Å²) in [4.78, 5) is 0. The highest BCUT2D eigenvalue weighted by atomic mass is 16.6. The molecule has 1 fully saturated rings. The van der Waals surface area contributed by atoms with Crippen molar-refractivity contribution in [1.29, 1.82) is 0 Å². The molecule has 1 aliphatic heterocycles. The topological polar surface area (TPSA) is 49.5 Å². The molecule has 5 nitrogen and oxygen atoms in total. The predicted octanol–water partition coefficient (Wildman–Crippen LogP) is 0.0814. The lowest BCUT2D eigenvalue weighted by atomic mass is 10.5. The van der Waals surface area contributed by atoms with Crippen molar-refractivity contribution in [3.05, 3.63) is 0 Å². The Balaban J connectivity index is 1.62. The van der Waals surface area contributed by atoms with E-state index >= 15 is 0 Å². The fraction of sp³-hybridized carbons (Fsp3) is 1.00. The van der Waals surface area contributed by atoms with Crippen molar-refractivity contribution in [1.82, 2.24) is 0 Å². The minimum absolute atomic E-state index is 0.336. The van der Waals surface area contributed by atoms with Crippen LogP contribution in [0, 0.1) is 0 Å². The van der Waals surface area contributed by atoms with Crippen LogP contribution in [-0.4, -0.2) is 66.1 Å². The third-order valence-electron chi connectivity index (χ3n) is 1.88. The lowest BCUT2D eigenvalue weighted by Crippen LogP contribution is -2.12. The summed E-state index contributed by atoms with van der Waals surface area (Å²) in [5.41, 5.74) is 0. The summed E-state index contributed by atoms with van der Waals surface area (Å²) in [6, 6.07) is 0. The summed E-state index contributed by atoms with van der Waals surface area (Å²) in [6.07, 6.45) is 0.336. The van der Waals surface area contributed by atoms with Gasteiger partial charge in [0.25, 0.3) is 0 Å². The fourth-order valence-corrected chi connectivity index (χ4v) is 0.961. The molecule has 0 aromatic heterocycles. The Labute approximate surface area is 90.6 Å². The second kappa shape index (κ2) is 9.06. The van der Waals surface area contributed by atoms with Crippen molar-refractivity contribution >= 4 is 0 Å². The van der Waals surface area contributed by atoms with Gasteiger partial charge in [-0.15, -0.1) is 0 Å². The van der Waals surface area contributed by atoms with Gasteiger partial charge >= 0.3 is 0 Å². The summed E-state index contributed by atoms with van der Waals surface area (Å²) in [5, 5.41) is 0. The normalized spacial score (nSPS) is 19.4. The van der Waals surface area contributed by atoms with Crippen LogP contribution in [0.2, 0.25) is 0 Å². The molecule has 1 unspecified atom stereocenters. The van der Waals surface area contributed by atoms with Gasteiger partial charge in [-0.25, -0.2) is 0 Å². The smallest absolute Gasteiger partial charge is 0.104 e. The van der Waals surface area contributed by atoms with E-state index in [9.17, 15) is 0 Å². The molecule has 0 N–H and O–H groups in total. The first-order valence-electron chi connectivity index (χ1n) is 5.27. The van der Waals surface area contributed by atoms with Crippen molar-refractivity contribution < 1.29 is 23.7 Å². The molecule has 0 amide bonds. The van der Waals surface area contributed by atoms with Crippen LogP contribution < -0.4 is 0 Å². The summed E-state index contributed by atoms with van der Waals surface area (Å²) in [7, 11) is 1.65. The van der Waals surface area contributed by atoms with Gasteiger partial charge in [0.1, 0.15) is 6.10 Å². The standard InChI is InChI=1S/C10H20O5/c1-11-2-3-12-4-5-13-6-7-14-8-10-9-15-10/h10H,2-9H2,1H3. The minimum atomic E-state index is 0.336. The molecule has 0 radical (unpaired) electrons. The molecule has 15 heavy (non-hydrogen) atoms. The summed E-state index contributed by atoms with van der Waals surface area (Å²) >= 11 is 0. The predicted molar refractivity (Wildman–Crippen MR) is 54.1 cm³/mol. The van der Waals surface area contributed by atoms with Gasteiger partial charge in [0.05, 0.1) is 52.9 Å². The summed E-state index contributed by atoms with van der Waals surface area (Å²) in [6.45, 7) is 5.22. The molecule has 1 rings (SSSR count). The van der Waals surface area contributed by atoms with Crippen molar-refractivity contribution in [2.45, 2.75) is 6.10 Å². The largest absolute Gasteiger partial charge is 0.382 e. The van der Waals surface area contributed by atoms with Gasteiger partial charge in [-0.05, 0) is 0 Å². The van der Waals surface area contributed by atoms with Gasteiger partial charge in [0.2, 0.25) is 0 Å². The quantitative estimate of drug-likeness (QED) is 0.364. The van der Waals surface area contributed by atoms with Gasteiger partial charge in [-0.1, -0.05) is 0 Å². The van der Waals surface area contributed by atoms with Crippen LogP contribution in [0.3, 0.4) is 0 Å². The first kappa shape index (κ1) is 12.9. The van der Waals surface area contributed by atoms with E-state index in [0.717, 1.165) is 6.61 Å².